The number of amides is 1. The van der Waals surface area contributed by atoms with Gasteiger partial charge in [-0.3, -0.25) is 9.78 Å². The fraction of sp³-hybridized carbons (Fsp3) is 0.238. The number of hydrogen-bond acceptors (Lipinski definition) is 4. The van der Waals surface area contributed by atoms with Gasteiger partial charge in [0.25, 0.3) is 5.91 Å². The third kappa shape index (κ3) is 3.69. The van der Waals surface area contributed by atoms with E-state index in [0.29, 0.717) is 10.6 Å². The van der Waals surface area contributed by atoms with Crippen LogP contribution in [-0.4, -0.2) is 34.0 Å². The highest BCUT2D eigenvalue weighted by Crippen LogP contribution is 2.30. The summed E-state index contributed by atoms with van der Waals surface area (Å²) in [5, 5.41) is 15.1. The Morgan fingerprint density at radius 3 is 2.70 bits per heavy atom. The molecule has 0 radical (unpaired) electrons. The van der Waals surface area contributed by atoms with Gasteiger partial charge >= 0.3 is 0 Å². The van der Waals surface area contributed by atoms with Crippen LogP contribution in [0.2, 0.25) is 5.02 Å². The van der Waals surface area contributed by atoms with Crippen LogP contribution in [-0.2, 0) is 0 Å². The fourth-order valence-electron chi connectivity index (χ4n) is 3.44. The van der Waals surface area contributed by atoms with Crippen molar-refractivity contribution in [2.45, 2.75) is 19.3 Å². The van der Waals surface area contributed by atoms with Crippen molar-refractivity contribution in [3.63, 3.8) is 0 Å². The number of aromatic hydroxyl groups is 1. The zero-order valence-electron chi connectivity index (χ0n) is 14.8. The van der Waals surface area contributed by atoms with Gasteiger partial charge in [-0.05, 0) is 61.7 Å². The van der Waals surface area contributed by atoms with E-state index in [4.69, 9.17) is 11.6 Å². The number of nitrogens with zero attached hydrogens (tertiary/aromatic N) is 2. The number of phenols is 1. The van der Waals surface area contributed by atoms with Gasteiger partial charge in [0.1, 0.15) is 5.75 Å². The zero-order chi connectivity index (χ0) is 18.8. The van der Waals surface area contributed by atoms with E-state index >= 15 is 0 Å². The minimum Gasteiger partial charge on any atom is -0.507 e. The molecular weight excluding hydrogens is 362 g/mol. The van der Waals surface area contributed by atoms with E-state index < -0.39 is 0 Å². The number of pyridine rings is 1. The van der Waals surface area contributed by atoms with Crippen molar-refractivity contribution in [1.82, 2.24) is 9.88 Å². The number of carbonyl (C=O) groups excluding carboxylic acids is 1. The van der Waals surface area contributed by atoms with Crippen LogP contribution in [0.3, 0.4) is 0 Å². The quantitative estimate of drug-likeness (QED) is 0.629. The van der Waals surface area contributed by atoms with Crippen molar-refractivity contribution in [2.75, 3.05) is 18.4 Å². The normalized spacial score (nSPS) is 14.3. The van der Waals surface area contributed by atoms with E-state index in [1.807, 2.05) is 29.2 Å². The predicted molar refractivity (Wildman–Crippen MR) is 108 cm³/mol. The summed E-state index contributed by atoms with van der Waals surface area (Å²) < 4.78 is 0. The second-order valence-corrected chi connectivity index (χ2v) is 7.17. The maximum absolute atomic E-state index is 12.8. The molecule has 0 aliphatic carbocycles. The van der Waals surface area contributed by atoms with Gasteiger partial charge in [-0.1, -0.05) is 11.6 Å². The molecule has 0 atom stereocenters. The first-order valence-corrected chi connectivity index (χ1v) is 9.43. The smallest absolute Gasteiger partial charge is 0.257 e. The largest absolute Gasteiger partial charge is 0.507 e. The molecule has 1 fully saturated rings. The van der Waals surface area contributed by atoms with Crippen molar-refractivity contribution >= 4 is 39.8 Å². The first-order valence-electron chi connectivity index (χ1n) is 9.05. The average Bonchev–Trinajstić information content (AvgIpc) is 2.69. The summed E-state index contributed by atoms with van der Waals surface area (Å²) in [6.45, 7) is 1.48. The molecule has 1 aliphatic heterocycles. The minimum absolute atomic E-state index is 0.00231. The number of halogens is 1. The van der Waals surface area contributed by atoms with Crippen molar-refractivity contribution in [3.05, 3.63) is 59.2 Å². The van der Waals surface area contributed by atoms with E-state index in [2.05, 4.69) is 10.3 Å². The van der Waals surface area contributed by atoms with Gasteiger partial charge in [0.15, 0.2) is 0 Å². The van der Waals surface area contributed by atoms with Crippen LogP contribution in [0.15, 0.2) is 48.7 Å². The molecule has 1 aliphatic rings. The van der Waals surface area contributed by atoms with Crippen LogP contribution in [0.1, 0.15) is 29.6 Å². The Hall–Kier alpha value is -2.79. The lowest BCUT2D eigenvalue weighted by molar-refractivity contribution is 0.0721. The van der Waals surface area contributed by atoms with Crippen molar-refractivity contribution < 1.29 is 9.90 Å². The molecule has 2 heterocycles. The van der Waals surface area contributed by atoms with Crippen molar-refractivity contribution in [1.29, 1.82) is 0 Å². The van der Waals surface area contributed by atoms with Gasteiger partial charge in [-0.2, -0.15) is 0 Å². The molecule has 1 saturated heterocycles. The predicted octanol–water partition coefficient (Wildman–Crippen LogP) is 4.96. The highest BCUT2D eigenvalue weighted by atomic mass is 35.5. The molecule has 27 heavy (non-hydrogen) atoms. The number of hydrogen-bond donors (Lipinski definition) is 2. The molecular formula is C21H20ClN3O2. The van der Waals surface area contributed by atoms with Gasteiger partial charge in [0, 0.05) is 41.1 Å². The molecule has 0 spiro atoms. The maximum atomic E-state index is 12.8. The fourth-order valence-corrected chi connectivity index (χ4v) is 3.60. The topological polar surface area (TPSA) is 65.5 Å². The standard InChI is InChI=1S/C21H20ClN3O2/c22-14-4-6-16-18(8-9-23-19(16)12-14)24-15-5-7-20(26)17(13-15)21(27)25-10-2-1-3-11-25/h4-9,12-13,26H,1-3,10-11H2,(H,23,24). The van der Waals surface area contributed by atoms with Crippen LogP contribution in [0.5, 0.6) is 5.75 Å². The Bertz CT molecular complexity index is 1000. The van der Waals surface area contributed by atoms with Crippen molar-refractivity contribution in [2.24, 2.45) is 0 Å². The number of likely N-dealkylation sites (tertiary alicyclic amines) is 1. The number of benzene rings is 2. The van der Waals surface area contributed by atoms with Gasteiger partial charge in [0.2, 0.25) is 0 Å². The lowest BCUT2D eigenvalue weighted by atomic mass is 10.1. The second kappa shape index (κ2) is 7.45. The van der Waals surface area contributed by atoms with Crippen LogP contribution >= 0.6 is 11.6 Å². The summed E-state index contributed by atoms with van der Waals surface area (Å²) >= 11 is 6.05. The SMILES string of the molecule is O=C(c1cc(Nc2ccnc3cc(Cl)ccc23)ccc1O)N1CCCCC1. The summed E-state index contributed by atoms with van der Waals surface area (Å²) in [5.41, 5.74) is 2.70. The zero-order valence-corrected chi connectivity index (χ0v) is 15.5. The van der Waals surface area contributed by atoms with E-state index in [1.165, 1.54) is 0 Å². The molecule has 3 aromatic rings. The Morgan fingerprint density at radius 1 is 1.07 bits per heavy atom. The number of anilines is 2. The summed E-state index contributed by atoms with van der Waals surface area (Å²) in [6.07, 6.45) is 4.88. The molecule has 0 saturated carbocycles. The number of phenolic OH excluding ortho intramolecular Hbond substituents is 1. The number of piperidine rings is 1. The monoisotopic (exact) mass is 381 g/mol. The van der Waals surface area contributed by atoms with Gasteiger partial charge in [0.05, 0.1) is 11.1 Å². The Kier molecular flexibility index (Phi) is 4.86. The number of carbonyl (C=O) groups is 1. The molecule has 2 aromatic carbocycles. The van der Waals surface area contributed by atoms with Gasteiger partial charge in [-0.25, -0.2) is 0 Å². The maximum Gasteiger partial charge on any atom is 0.257 e. The summed E-state index contributed by atoms with van der Waals surface area (Å²) in [7, 11) is 0. The van der Waals surface area contributed by atoms with E-state index in [-0.39, 0.29) is 11.7 Å². The first kappa shape index (κ1) is 17.6. The molecule has 4 rings (SSSR count). The van der Waals surface area contributed by atoms with E-state index in [0.717, 1.165) is 54.6 Å². The summed E-state index contributed by atoms with van der Waals surface area (Å²) in [4.78, 5) is 18.9. The average molecular weight is 382 g/mol. The van der Waals surface area contributed by atoms with E-state index in [1.54, 1.807) is 24.4 Å². The highest BCUT2D eigenvalue weighted by molar-refractivity contribution is 6.31. The lowest BCUT2D eigenvalue weighted by Crippen LogP contribution is -2.35. The Morgan fingerprint density at radius 2 is 1.89 bits per heavy atom. The van der Waals surface area contributed by atoms with Crippen LogP contribution < -0.4 is 5.32 Å². The number of aromatic nitrogens is 1. The van der Waals surface area contributed by atoms with Gasteiger partial charge < -0.3 is 15.3 Å². The van der Waals surface area contributed by atoms with Crippen molar-refractivity contribution in [3.8, 4) is 5.75 Å². The molecule has 0 bridgehead atoms. The number of fused-ring (bicyclic) bond motifs is 1. The highest BCUT2D eigenvalue weighted by Gasteiger charge is 2.21. The Balaban J connectivity index is 1.64. The first-order chi connectivity index (χ1) is 13.1. The summed E-state index contributed by atoms with van der Waals surface area (Å²) in [6, 6.07) is 12.4. The molecule has 0 unspecified atom stereocenters. The van der Waals surface area contributed by atoms with Crippen LogP contribution in [0.4, 0.5) is 11.4 Å². The number of rotatable bonds is 3. The molecule has 1 aromatic heterocycles. The minimum atomic E-state index is -0.123. The molecule has 138 valence electrons. The van der Waals surface area contributed by atoms with Crippen LogP contribution in [0.25, 0.3) is 10.9 Å². The third-order valence-electron chi connectivity index (χ3n) is 4.85. The van der Waals surface area contributed by atoms with Gasteiger partial charge in [-0.15, -0.1) is 0 Å². The second-order valence-electron chi connectivity index (χ2n) is 6.73. The molecule has 6 heteroatoms. The molecule has 1 amide bonds. The third-order valence-corrected chi connectivity index (χ3v) is 5.09. The number of nitrogens with one attached hydrogen (secondary N) is 1. The molecule has 5 nitrogen and oxygen atoms in total. The summed E-state index contributed by atoms with van der Waals surface area (Å²) in [5.74, 6) is -0.121. The molecule has 2 N–H and O–H groups in total. The van der Waals surface area contributed by atoms with E-state index in [9.17, 15) is 9.90 Å². The van der Waals surface area contributed by atoms with Crippen LogP contribution in [0, 0.1) is 0 Å². The Labute approximate surface area is 162 Å². The lowest BCUT2D eigenvalue weighted by Gasteiger charge is -2.27.